The van der Waals surface area contributed by atoms with Gasteiger partial charge in [-0.3, -0.25) is 4.79 Å². The Balaban J connectivity index is 0.000000941. The molecule has 5 N–H and O–H groups in total. The second kappa shape index (κ2) is 12.1. The third-order valence-corrected chi connectivity index (χ3v) is 4.39. The van der Waals surface area contributed by atoms with Gasteiger partial charge in [0.1, 0.15) is 11.4 Å². The molecule has 1 heterocycles. The Labute approximate surface area is 172 Å². The number of hydrogen-bond acceptors (Lipinski definition) is 6. The van der Waals surface area contributed by atoms with Crippen molar-refractivity contribution in [3.63, 3.8) is 0 Å². The van der Waals surface area contributed by atoms with E-state index in [1.54, 1.807) is 6.07 Å². The molecule has 1 atom stereocenters. The van der Waals surface area contributed by atoms with Crippen molar-refractivity contribution < 1.29 is 19.7 Å². The number of fused-ring (bicyclic) bond motifs is 1. The lowest BCUT2D eigenvalue weighted by Crippen LogP contribution is -2.28. The van der Waals surface area contributed by atoms with Gasteiger partial charge in [-0.2, -0.15) is 0 Å². The van der Waals surface area contributed by atoms with Crippen LogP contribution in [-0.2, 0) is 11.2 Å². The minimum atomic E-state index is -0.784. The molecule has 2 aromatic rings. The van der Waals surface area contributed by atoms with Crippen molar-refractivity contribution in [1.29, 1.82) is 0 Å². The molecular formula is C22H31N3O4. The molecule has 1 unspecified atom stereocenters. The standard InChI is InChI=1S/C20H24N2O4.C2H7N/c23-16-10-9-15(20-19(16)22-18(25)13-26-20)17(24)12-21-11-5-4-8-14-6-2-1-3-7-14;1-3-2/h1-3,6-7,9-10,17,21,23-24H,4-5,8,11-13H2,(H,22,25);3H,1-2H3. The predicted octanol–water partition coefficient (Wildman–Crippen LogP) is 2.20. The number of amides is 1. The van der Waals surface area contributed by atoms with Gasteiger partial charge in [0.15, 0.2) is 12.4 Å². The Morgan fingerprint density at radius 3 is 2.59 bits per heavy atom. The highest BCUT2D eigenvalue weighted by Crippen LogP contribution is 2.41. The van der Waals surface area contributed by atoms with Gasteiger partial charge in [0.05, 0.1) is 6.10 Å². The summed E-state index contributed by atoms with van der Waals surface area (Å²) in [5.41, 5.74) is 2.11. The van der Waals surface area contributed by atoms with E-state index in [1.807, 2.05) is 32.3 Å². The number of phenols is 1. The molecule has 1 amide bonds. The zero-order valence-electron chi connectivity index (χ0n) is 17.1. The summed E-state index contributed by atoms with van der Waals surface area (Å²) in [5, 5.41) is 28.9. The first kappa shape index (κ1) is 22.7. The van der Waals surface area contributed by atoms with Crippen molar-refractivity contribution in [2.75, 3.05) is 39.1 Å². The van der Waals surface area contributed by atoms with Gasteiger partial charge in [-0.05, 0) is 57.6 Å². The maximum Gasteiger partial charge on any atom is 0.262 e. The number of unbranched alkanes of at least 4 members (excludes halogenated alkanes) is 1. The Bertz CT molecular complexity index is 768. The summed E-state index contributed by atoms with van der Waals surface area (Å²) in [7, 11) is 3.75. The minimum Gasteiger partial charge on any atom is -0.506 e. The number of benzene rings is 2. The first-order valence-corrected chi connectivity index (χ1v) is 9.86. The maximum atomic E-state index is 11.4. The van der Waals surface area contributed by atoms with Crippen LogP contribution in [-0.4, -0.2) is 49.9 Å². The zero-order chi connectivity index (χ0) is 21.1. The predicted molar refractivity (Wildman–Crippen MR) is 114 cm³/mol. The van der Waals surface area contributed by atoms with Crippen LogP contribution < -0.4 is 20.7 Å². The number of aryl methyl sites for hydroxylation is 1. The minimum absolute atomic E-state index is 0.0714. The van der Waals surface area contributed by atoms with Crippen molar-refractivity contribution in [2.45, 2.75) is 25.4 Å². The molecule has 0 radical (unpaired) electrons. The van der Waals surface area contributed by atoms with Gasteiger partial charge in [-0.25, -0.2) is 0 Å². The molecule has 3 rings (SSSR count). The fourth-order valence-electron chi connectivity index (χ4n) is 3.01. The number of hydrogen-bond donors (Lipinski definition) is 5. The Morgan fingerprint density at radius 1 is 1.14 bits per heavy atom. The average molecular weight is 402 g/mol. The number of anilines is 1. The molecule has 0 saturated heterocycles. The van der Waals surface area contributed by atoms with E-state index in [-0.39, 0.29) is 24.0 Å². The van der Waals surface area contributed by atoms with E-state index in [0.717, 1.165) is 25.8 Å². The van der Waals surface area contributed by atoms with Crippen LogP contribution in [0, 0.1) is 0 Å². The number of carbonyl (C=O) groups excluding carboxylic acids is 1. The van der Waals surface area contributed by atoms with E-state index in [1.165, 1.54) is 11.6 Å². The Morgan fingerprint density at radius 2 is 1.86 bits per heavy atom. The van der Waals surface area contributed by atoms with Gasteiger partial charge in [0.2, 0.25) is 0 Å². The molecule has 158 valence electrons. The number of aliphatic hydroxyl groups is 1. The van der Waals surface area contributed by atoms with Crippen LogP contribution in [0.4, 0.5) is 5.69 Å². The summed E-state index contributed by atoms with van der Waals surface area (Å²) >= 11 is 0. The van der Waals surface area contributed by atoms with E-state index in [0.29, 0.717) is 17.9 Å². The molecular weight excluding hydrogens is 370 g/mol. The monoisotopic (exact) mass is 401 g/mol. The molecule has 1 aliphatic rings. The van der Waals surface area contributed by atoms with Crippen molar-refractivity contribution in [3.8, 4) is 11.5 Å². The third-order valence-electron chi connectivity index (χ3n) is 4.39. The quantitative estimate of drug-likeness (QED) is 0.343. The molecule has 0 aliphatic carbocycles. The fraction of sp³-hybridized carbons (Fsp3) is 0.409. The first-order chi connectivity index (χ1) is 14.1. The molecule has 1 aliphatic heterocycles. The number of aliphatic hydroxyl groups excluding tert-OH is 1. The van der Waals surface area contributed by atoms with Crippen LogP contribution in [0.25, 0.3) is 0 Å². The van der Waals surface area contributed by atoms with Crippen molar-refractivity contribution in [3.05, 3.63) is 53.6 Å². The SMILES string of the molecule is CNC.O=C1COc2c(C(O)CNCCCCc3ccccc3)ccc(O)c2N1. The highest BCUT2D eigenvalue weighted by molar-refractivity contribution is 5.97. The lowest BCUT2D eigenvalue weighted by atomic mass is 10.0. The topological polar surface area (TPSA) is 103 Å². The normalized spacial score (nSPS) is 13.4. The van der Waals surface area contributed by atoms with Crippen molar-refractivity contribution in [1.82, 2.24) is 10.6 Å². The summed E-state index contributed by atoms with van der Waals surface area (Å²) < 4.78 is 5.40. The average Bonchev–Trinajstić information content (AvgIpc) is 2.72. The van der Waals surface area contributed by atoms with Crippen LogP contribution in [0.5, 0.6) is 11.5 Å². The lowest BCUT2D eigenvalue weighted by Gasteiger charge is -2.23. The van der Waals surface area contributed by atoms with Crippen LogP contribution in [0.1, 0.15) is 30.1 Å². The van der Waals surface area contributed by atoms with Crippen LogP contribution in [0.2, 0.25) is 0 Å². The smallest absolute Gasteiger partial charge is 0.262 e. The van der Waals surface area contributed by atoms with Gasteiger partial charge < -0.3 is 30.9 Å². The Hall–Kier alpha value is -2.61. The second-order valence-electron chi connectivity index (χ2n) is 6.88. The summed E-state index contributed by atoms with van der Waals surface area (Å²) in [6.07, 6.45) is 2.36. The first-order valence-electron chi connectivity index (χ1n) is 9.86. The largest absolute Gasteiger partial charge is 0.506 e. The third kappa shape index (κ3) is 7.05. The molecule has 2 aromatic carbocycles. The van der Waals surface area contributed by atoms with Gasteiger partial charge >= 0.3 is 0 Å². The van der Waals surface area contributed by atoms with E-state index in [4.69, 9.17) is 4.74 Å². The summed E-state index contributed by atoms with van der Waals surface area (Å²) in [6.45, 7) is 1.06. The highest BCUT2D eigenvalue weighted by atomic mass is 16.5. The van der Waals surface area contributed by atoms with E-state index in [2.05, 4.69) is 28.1 Å². The van der Waals surface area contributed by atoms with Crippen LogP contribution >= 0.6 is 0 Å². The van der Waals surface area contributed by atoms with Gasteiger partial charge in [-0.1, -0.05) is 30.3 Å². The molecule has 0 fully saturated rings. The van der Waals surface area contributed by atoms with Gasteiger partial charge in [0.25, 0.3) is 5.91 Å². The van der Waals surface area contributed by atoms with Crippen molar-refractivity contribution >= 4 is 11.6 Å². The number of rotatable bonds is 8. The summed E-state index contributed by atoms with van der Waals surface area (Å²) in [6, 6.07) is 13.4. The number of phenolic OH excluding ortho intramolecular Hbond substituents is 1. The molecule has 29 heavy (non-hydrogen) atoms. The molecule has 0 saturated carbocycles. The number of aromatic hydroxyl groups is 1. The molecule has 0 bridgehead atoms. The van der Waals surface area contributed by atoms with Gasteiger partial charge in [0, 0.05) is 12.1 Å². The molecule has 7 nitrogen and oxygen atoms in total. The summed E-state index contributed by atoms with van der Waals surface area (Å²) in [5.74, 6) is -0.0585. The maximum absolute atomic E-state index is 11.4. The fourth-order valence-corrected chi connectivity index (χ4v) is 3.01. The number of ether oxygens (including phenoxy) is 1. The number of carbonyl (C=O) groups is 1. The van der Waals surface area contributed by atoms with Gasteiger partial charge in [-0.15, -0.1) is 0 Å². The summed E-state index contributed by atoms with van der Waals surface area (Å²) in [4.78, 5) is 11.4. The number of nitrogens with one attached hydrogen (secondary N) is 3. The molecule has 7 heteroatoms. The van der Waals surface area contributed by atoms with E-state index in [9.17, 15) is 15.0 Å². The highest BCUT2D eigenvalue weighted by Gasteiger charge is 2.25. The lowest BCUT2D eigenvalue weighted by molar-refractivity contribution is -0.118. The second-order valence-corrected chi connectivity index (χ2v) is 6.88. The van der Waals surface area contributed by atoms with E-state index >= 15 is 0 Å². The molecule has 0 spiro atoms. The molecule has 0 aromatic heterocycles. The van der Waals surface area contributed by atoms with E-state index < -0.39 is 6.10 Å². The van der Waals surface area contributed by atoms with Crippen molar-refractivity contribution in [2.24, 2.45) is 0 Å². The Kier molecular flexibility index (Phi) is 9.43. The van der Waals surface area contributed by atoms with Crippen LogP contribution in [0.3, 0.4) is 0 Å². The zero-order valence-corrected chi connectivity index (χ0v) is 17.1. The van der Waals surface area contributed by atoms with Crippen LogP contribution in [0.15, 0.2) is 42.5 Å².